The predicted molar refractivity (Wildman–Crippen MR) is 102 cm³/mol. The molecule has 2 N–H and O–H groups in total. The number of benzene rings is 2. The summed E-state index contributed by atoms with van der Waals surface area (Å²) >= 11 is 0. The molecule has 1 fully saturated rings. The van der Waals surface area contributed by atoms with Crippen molar-refractivity contribution in [1.82, 2.24) is 5.32 Å². The summed E-state index contributed by atoms with van der Waals surface area (Å²) in [5.41, 5.74) is 2.45. The van der Waals surface area contributed by atoms with Gasteiger partial charge in [-0.3, -0.25) is 9.59 Å². The van der Waals surface area contributed by atoms with Gasteiger partial charge in [0.25, 0.3) is 0 Å². The fraction of sp³-hybridized carbons (Fsp3) is 0.238. The van der Waals surface area contributed by atoms with Gasteiger partial charge in [0.15, 0.2) is 11.5 Å². The number of anilines is 1. The minimum Gasteiger partial charge on any atom is -0.454 e. The summed E-state index contributed by atoms with van der Waals surface area (Å²) in [5, 5.41) is 5.77. The van der Waals surface area contributed by atoms with Gasteiger partial charge in [-0.05, 0) is 54.3 Å². The third kappa shape index (κ3) is 4.67. The molecular weight excluding hydrogens is 344 g/mol. The van der Waals surface area contributed by atoms with E-state index in [0.29, 0.717) is 29.6 Å². The van der Waals surface area contributed by atoms with Crippen LogP contribution in [0.25, 0.3) is 6.08 Å². The van der Waals surface area contributed by atoms with Gasteiger partial charge in [0.2, 0.25) is 18.6 Å². The van der Waals surface area contributed by atoms with Crippen molar-refractivity contribution in [3.05, 3.63) is 59.7 Å². The quantitative estimate of drug-likeness (QED) is 0.773. The molecule has 0 unspecified atom stereocenters. The fourth-order valence-corrected chi connectivity index (χ4v) is 2.77. The monoisotopic (exact) mass is 364 g/mol. The van der Waals surface area contributed by atoms with Crippen LogP contribution < -0.4 is 20.1 Å². The Morgan fingerprint density at radius 2 is 1.81 bits per heavy atom. The highest BCUT2D eigenvalue weighted by molar-refractivity contribution is 6.02. The SMILES string of the molecule is O=C(/C=C/c1ccc2c(c1)OCO2)Nc1ccc(CC(=O)NC2CC2)cc1. The summed E-state index contributed by atoms with van der Waals surface area (Å²) in [7, 11) is 0. The normalized spacial score (nSPS) is 15.0. The Bertz CT molecular complexity index is 886. The fourth-order valence-electron chi connectivity index (χ4n) is 2.77. The van der Waals surface area contributed by atoms with Crippen LogP contribution in [0.15, 0.2) is 48.5 Å². The number of hydrogen-bond acceptors (Lipinski definition) is 4. The molecule has 27 heavy (non-hydrogen) atoms. The van der Waals surface area contributed by atoms with E-state index in [2.05, 4.69) is 10.6 Å². The molecular formula is C21H20N2O4. The highest BCUT2D eigenvalue weighted by Gasteiger charge is 2.23. The summed E-state index contributed by atoms with van der Waals surface area (Å²) in [6, 6.07) is 13.2. The molecule has 0 spiro atoms. The zero-order chi connectivity index (χ0) is 18.6. The summed E-state index contributed by atoms with van der Waals surface area (Å²) in [6.07, 6.45) is 5.70. The molecule has 2 aliphatic rings. The van der Waals surface area contributed by atoms with E-state index in [9.17, 15) is 9.59 Å². The Morgan fingerprint density at radius 3 is 2.59 bits per heavy atom. The zero-order valence-corrected chi connectivity index (χ0v) is 14.7. The van der Waals surface area contributed by atoms with Gasteiger partial charge >= 0.3 is 0 Å². The number of nitrogens with one attached hydrogen (secondary N) is 2. The van der Waals surface area contributed by atoms with Gasteiger partial charge in [-0.25, -0.2) is 0 Å². The van der Waals surface area contributed by atoms with Crippen LogP contribution in [0.4, 0.5) is 5.69 Å². The Hall–Kier alpha value is -3.28. The maximum Gasteiger partial charge on any atom is 0.248 e. The Labute approximate surface area is 157 Å². The van der Waals surface area contributed by atoms with Gasteiger partial charge in [-0.2, -0.15) is 0 Å². The smallest absolute Gasteiger partial charge is 0.248 e. The average Bonchev–Trinajstić information content (AvgIpc) is 3.34. The molecule has 1 aliphatic carbocycles. The second kappa shape index (κ2) is 7.53. The Morgan fingerprint density at radius 1 is 1.04 bits per heavy atom. The second-order valence-corrected chi connectivity index (χ2v) is 6.65. The van der Waals surface area contributed by atoms with E-state index in [-0.39, 0.29) is 18.6 Å². The lowest BCUT2D eigenvalue weighted by Gasteiger charge is -2.06. The molecule has 0 saturated heterocycles. The zero-order valence-electron chi connectivity index (χ0n) is 14.7. The van der Waals surface area contributed by atoms with Crippen molar-refractivity contribution in [3.8, 4) is 11.5 Å². The average molecular weight is 364 g/mol. The lowest BCUT2D eigenvalue weighted by atomic mass is 10.1. The van der Waals surface area contributed by atoms with Gasteiger partial charge in [0, 0.05) is 17.8 Å². The third-order valence-electron chi connectivity index (χ3n) is 4.35. The van der Waals surface area contributed by atoms with Crippen LogP contribution in [0.2, 0.25) is 0 Å². The van der Waals surface area contributed by atoms with Gasteiger partial charge in [0.05, 0.1) is 6.42 Å². The Balaban J connectivity index is 1.30. The summed E-state index contributed by atoms with van der Waals surface area (Å²) in [4.78, 5) is 23.9. The molecule has 0 aromatic heterocycles. The van der Waals surface area contributed by atoms with Crippen LogP contribution in [0, 0.1) is 0 Å². The van der Waals surface area contributed by atoms with Gasteiger partial charge in [0.1, 0.15) is 0 Å². The van der Waals surface area contributed by atoms with Crippen molar-refractivity contribution in [1.29, 1.82) is 0 Å². The molecule has 1 saturated carbocycles. The largest absolute Gasteiger partial charge is 0.454 e. The number of amides is 2. The van der Waals surface area contributed by atoms with Crippen LogP contribution in [0.5, 0.6) is 11.5 Å². The highest BCUT2D eigenvalue weighted by atomic mass is 16.7. The molecule has 1 aliphatic heterocycles. The van der Waals surface area contributed by atoms with Crippen molar-refractivity contribution in [2.45, 2.75) is 25.3 Å². The molecule has 138 valence electrons. The van der Waals surface area contributed by atoms with Crippen molar-refractivity contribution < 1.29 is 19.1 Å². The van der Waals surface area contributed by atoms with Crippen LogP contribution in [-0.2, 0) is 16.0 Å². The first-order valence-electron chi connectivity index (χ1n) is 8.93. The molecule has 0 radical (unpaired) electrons. The second-order valence-electron chi connectivity index (χ2n) is 6.65. The van der Waals surface area contributed by atoms with Crippen molar-refractivity contribution in [2.24, 2.45) is 0 Å². The molecule has 6 heteroatoms. The van der Waals surface area contributed by atoms with Crippen LogP contribution in [0.1, 0.15) is 24.0 Å². The van der Waals surface area contributed by atoms with E-state index < -0.39 is 0 Å². The highest BCUT2D eigenvalue weighted by Crippen LogP contribution is 2.32. The number of ether oxygens (including phenoxy) is 2. The molecule has 2 aromatic carbocycles. The van der Waals surface area contributed by atoms with Crippen LogP contribution in [0.3, 0.4) is 0 Å². The van der Waals surface area contributed by atoms with E-state index in [4.69, 9.17) is 9.47 Å². The third-order valence-corrected chi connectivity index (χ3v) is 4.35. The van der Waals surface area contributed by atoms with Crippen molar-refractivity contribution >= 4 is 23.6 Å². The van der Waals surface area contributed by atoms with Crippen LogP contribution in [-0.4, -0.2) is 24.6 Å². The minimum atomic E-state index is -0.230. The number of carbonyl (C=O) groups is 2. The predicted octanol–water partition coefficient (Wildman–Crippen LogP) is 2.89. The first kappa shape index (κ1) is 17.1. The van der Waals surface area contributed by atoms with E-state index >= 15 is 0 Å². The molecule has 2 amide bonds. The van der Waals surface area contributed by atoms with Gasteiger partial charge in [-0.15, -0.1) is 0 Å². The van der Waals surface area contributed by atoms with Gasteiger partial charge < -0.3 is 20.1 Å². The van der Waals surface area contributed by atoms with Crippen LogP contribution >= 0.6 is 0 Å². The first-order valence-corrected chi connectivity index (χ1v) is 8.93. The maximum atomic E-state index is 12.1. The molecule has 0 bridgehead atoms. The maximum absolute atomic E-state index is 12.1. The molecule has 0 atom stereocenters. The standard InChI is InChI=1S/C21H20N2O4/c24-20(10-4-14-3-9-18-19(11-14)27-13-26-18)22-16-5-1-15(2-6-16)12-21(25)23-17-7-8-17/h1-6,9-11,17H,7-8,12-13H2,(H,22,24)(H,23,25)/b10-4+. The topological polar surface area (TPSA) is 76.7 Å². The summed E-state index contributed by atoms with van der Waals surface area (Å²) in [6.45, 7) is 0.223. The number of rotatable bonds is 6. The van der Waals surface area contributed by atoms with Gasteiger partial charge in [-0.1, -0.05) is 18.2 Å². The number of hydrogen-bond donors (Lipinski definition) is 2. The lowest BCUT2D eigenvalue weighted by molar-refractivity contribution is -0.120. The number of carbonyl (C=O) groups excluding carboxylic acids is 2. The molecule has 1 heterocycles. The molecule has 6 nitrogen and oxygen atoms in total. The lowest BCUT2D eigenvalue weighted by Crippen LogP contribution is -2.26. The summed E-state index contributed by atoms with van der Waals surface area (Å²) in [5.74, 6) is 1.20. The van der Waals surface area contributed by atoms with Crippen molar-refractivity contribution in [2.75, 3.05) is 12.1 Å². The Kier molecular flexibility index (Phi) is 4.78. The minimum absolute atomic E-state index is 0.0425. The molecule has 4 rings (SSSR count). The number of fused-ring (bicyclic) bond motifs is 1. The van der Waals surface area contributed by atoms with E-state index in [1.807, 2.05) is 30.3 Å². The summed E-state index contributed by atoms with van der Waals surface area (Å²) < 4.78 is 10.6. The van der Waals surface area contributed by atoms with E-state index in [1.54, 1.807) is 18.2 Å². The van der Waals surface area contributed by atoms with E-state index in [0.717, 1.165) is 24.0 Å². The van der Waals surface area contributed by atoms with E-state index in [1.165, 1.54) is 6.08 Å². The molecule has 2 aromatic rings. The first-order chi connectivity index (χ1) is 13.2. The van der Waals surface area contributed by atoms with Crippen molar-refractivity contribution in [3.63, 3.8) is 0 Å².